The Kier molecular flexibility index (Phi) is 5.77. The highest BCUT2D eigenvalue weighted by Crippen LogP contribution is 2.40. The molecule has 1 N–H and O–H groups in total. The average molecular weight is 347 g/mol. The zero-order valence-electron chi connectivity index (χ0n) is 15.1. The smallest absolute Gasteiger partial charge is 0.248 e. The van der Waals surface area contributed by atoms with Crippen LogP contribution in [0.3, 0.4) is 0 Å². The van der Waals surface area contributed by atoms with Crippen LogP contribution in [0.25, 0.3) is 0 Å². The third kappa shape index (κ3) is 4.60. The van der Waals surface area contributed by atoms with Crippen LogP contribution < -0.4 is 0 Å². The monoisotopic (exact) mass is 347 g/mol. The van der Waals surface area contributed by atoms with Gasteiger partial charge in [0.05, 0.1) is 24.4 Å². The number of rotatable bonds is 5. The zero-order chi connectivity index (χ0) is 17.8. The van der Waals surface area contributed by atoms with E-state index in [1.165, 1.54) is 0 Å². The maximum absolute atomic E-state index is 12.4. The van der Waals surface area contributed by atoms with Crippen LogP contribution in [-0.2, 0) is 20.9 Å². The molecule has 2 saturated heterocycles. The molecule has 5 heteroatoms. The fraction of sp³-hybridized carbons (Fsp3) is 0.650. The molecule has 3 rings (SSSR count). The van der Waals surface area contributed by atoms with Gasteiger partial charge in [-0.3, -0.25) is 4.79 Å². The molecule has 0 aromatic heterocycles. The minimum Gasteiger partial charge on any atom is -0.390 e. The molecule has 1 amide bonds. The molecule has 0 aliphatic carbocycles. The summed E-state index contributed by atoms with van der Waals surface area (Å²) in [7, 11) is 0. The highest BCUT2D eigenvalue weighted by molar-refractivity contribution is 5.77. The first kappa shape index (κ1) is 18.4. The standard InChI is InChI=1S/C20H29NO4/c1-2-19(23)10-13-25-20(16-19)8-11-21(12-9-20)18(22)15-24-14-17-6-4-3-5-7-17/h3-7,23H,2,8-16H2,1H3. The number of aliphatic hydroxyl groups is 1. The second-order valence-corrected chi connectivity index (χ2v) is 7.40. The van der Waals surface area contributed by atoms with E-state index in [1.807, 2.05) is 42.2 Å². The lowest BCUT2D eigenvalue weighted by Crippen LogP contribution is -2.55. The molecular formula is C20H29NO4. The number of ether oxygens (including phenoxy) is 2. The maximum atomic E-state index is 12.4. The summed E-state index contributed by atoms with van der Waals surface area (Å²) in [5, 5.41) is 10.6. The summed E-state index contributed by atoms with van der Waals surface area (Å²) in [6, 6.07) is 9.87. The van der Waals surface area contributed by atoms with E-state index >= 15 is 0 Å². The molecule has 1 unspecified atom stereocenters. The second kappa shape index (κ2) is 7.85. The molecule has 2 heterocycles. The Morgan fingerprint density at radius 1 is 1.24 bits per heavy atom. The van der Waals surface area contributed by atoms with Crippen LogP contribution in [0.2, 0.25) is 0 Å². The van der Waals surface area contributed by atoms with Crippen molar-refractivity contribution in [1.82, 2.24) is 4.90 Å². The van der Waals surface area contributed by atoms with Crippen LogP contribution in [0.4, 0.5) is 0 Å². The van der Waals surface area contributed by atoms with Gasteiger partial charge in [-0.15, -0.1) is 0 Å². The molecule has 1 aromatic rings. The summed E-state index contributed by atoms with van der Waals surface area (Å²) in [4.78, 5) is 14.2. The summed E-state index contributed by atoms with van der Waals surface area (Å²) in [5.74, 6) is 0.0346. The molecule has 1 spiro atoms. The summed E-state index contributed by atoms with van der Waals surface area (Å²) < 4.78 is 11.6. The number of carbonyl (C=O) groups is 1. The molecule has 0 bridgehead atoms. The van der Waals surface area contributed by atoms with Gasteiger partial charge in [0.2, 0.25) is 5.91 Å². The van der Waals surface area contributed by atoms with Gasteiger partial charge in [-0.2, -0.15) is 0 Å². The Bertz CT molecular complexity index is 568. The minimum atomic E-state index is -0.608. The van der Waals surface area contributed by atoms with E-state index in [1.54, 1.807) is 0 Å². The minimum absolute atomic E-state index is 0.0346. The first-order chi connectivity index (χ1) is 12.0. The number of hydrogen-bond donors (Lipinski definition) is 1. The molecule has 138 valence electrons. The van der Waals surface area contributed by atoms with E-state index in [0.29, 0.717) is 39.1 Å². The Morgan fingerprint density at radius 3 is 2.64 bits per heavy atom. The van der Waals surface area contributed by atoms with Crippen molar-refractivity contribution in [2.75, 3.05) is 26.3 Å². The van der Waals surface area contributed by atoms with Crippen molar-refractivity contribution in [2.24, 2.45) is 0 Å². The molecule has 25 heavy (non-hydrogen) atoms. The largest absolute Gasteiger partial charge is 0.390 e. The van der Waals surface area contributed by atoms with Crippen molar-refractivity contribution >= 4 is 5.91 Å². The first-order valence-corrected chi connectivity index (χ1v) is 9.30. The molecule has 1 atom stereocenters. The topological polar surface area (TPSA) is 59.0 Å². The van der Waals surface area contributed by atoms with Crippen LogP contribution >= 0.6 is 0 Å². The van der Waals surface area contributed by atoms with Crippen LogP contribution in [-0.4, -0.2) is 53.4 Å². The molecule has 0 saturated carbocycles. The molecule has 2 fully saturated rings. The van der Waals surface area contributed by atoms with Gasteiger partial charge in [0.1, 0.15) is 6.61 Å². The highest BCUT2D eigenvalue weighted by Gasteiger charge is 2.46. The Hall–Kier alpha value is -1.43. The first-order valence-electron chi connectivity index (χ1n) is 9.30. The Morgan fingerprint density at radius 2 is 1.96 bits per heavy atom. The summed E-state index contributed by atoms with van der Waals surface area (Å²) in [6.45, 7) is 4.56. The van der Waals surface area contributed by atoms with E-state index in [9.17, 15) is 9.90 Å². The molecule has 2 aliphatic heterocycles. The fourth-order valence-corrected chi connectivity index (χ4v) is 3.90. The third-order valence-electron chi connectivity index (χ3n) is 5.65. The van der Waals surface area contributed by atoms with Gasteiger partial charge < -0.3 is 19.5 Å². The van der Waals surface area contributed by atoms with Gasteiger partial charge >= 0.3 is 0 Å². The SMILES string of the molecule is CCC1(O)CCOC2(CCN(C(=O)COCc3ccccc3)CC2)C1. The number of benzene rings is 1. The lowest BCUT2D eigenvalue weighted by Gasteiger charge is -2.49. The number of likely N-dealkylation sites (tertiary alicyclic amines) is 1. The lowest BCUT2D eigenvalue weighted by atomic mass is 9.76. The van der Waals surface area contributed by atoms with E-state index in [2.05, 4.69) is 0 Å². The van der Waals surface area contributed by atoms with Gasteiger partial charge in [0.25, 0.3) is 0 Å². The van der Waals surface area contributed by atoms with Crippen molar-refractivity contribution in [1.29, 1.82) is 0 Å². The van der Waals surface area contributed by atoms with E-state index in [4.69, 9.17) is 9.47 Å². The normalized spacial score (nSPS) is 25.9. The number of piperidine rings is 1. The fourth-order valence-electron chi connectivity index (χ4n) is 3.90. The predicted molar refractivity (Wildman–Crippen MR) is 95.1 cm³/mol. The van der Waals surface area contributed by atoms with Crippen molar-refractivity contribution in [3.8, 4) is 0 Å². The lowest BCUT2D eigenvalue weighted by molar-refractivity contribution is -0.181. The zero-order valence-corrected chi connectivity index (χ0v) is 15.1. The number of hydrogen-bond acceptors (Lipinski definition) is 4. The summed E-state index contributed by atoms with van der Waals surface area (Å²) in [6.07, 6.45) is 3.73. The van der Waals surface area contributed by atoms with Gasteiger partial charge in [-0.1, -0.05) is 37.3 Å². The van der Waals surface area contributed by atoms with Crippen molar-refractivity contribution in [3.63, 3.8) is 0 Å². The van der Waals surface area contributed by atoms with Crippen molar-refractivity contribution in [2.45, 2.75) is 56.8 Å². The van der Waals surface area contributed by atoms with Gasteiger partial charge in [0, 0.05) is 19.5 Å². The van der Waals surface area contributed by atoms with E-state index in [-0.39, 0.29) is 18.1 Å². The van der Waals surface area contributed by atoms with Gasteiger partial charge in [0.15, 0.2) is 0 Å². The highest BCUT2D eigenvalue weighted by atomic mass is 16.5. The second-order valence-electron chi connectivity index (χ2n) is 7.40. The van der Waals surface area contributed by atoms with Crippen LogP contribution in [0.1, 0.15) is 44.6 Å². The van der Waals surface area contributed by atoms with E-state index < -0.39 is 5.60 Å². The number of nitrogens with zero attached hydrogens (tertiary/aromatic N) is 1. The van der Waals surface area contributed by atoms with Gasteiger partial charge in [-0.05, 0) is 31.2 Å². The van der Waals surface area contributed by atoms with Crippen molar-refractivity contribution in [3.05, 3.63) is 35.9 Å². The molecular weight excluding hydrogens is 318 g/mol. The average Bonchev–Trinajstić information content (AvgIpc) is 2.63. The summed E-state index contributed by atoms with van der Waals surface area (Å²) in [5.41, 5.74) is 0.204. The maximum Gasteiger partial charge on any atom is 0.248 e. The predicted octanol–water partition coefficient (Wildman–Crippen LogP) is 2.52. The Balaban J connectivity index is 1.44. The number of carbonyl (C=O) groups excluding carboxylic acids is 1. The van der Waals surface area contributed by atoms with Crippen molar-refractivity contribution < 1.29 is 19.4 Å². The van der Waals surface area contributed by atoms with Crippen LogP contribution in [0.15, 0.2) is 30.3 Å². The quantitative estimate of drug-likeness (QED) is 0.889. The molecule has 2 aliphatic rings. The van der Waals surface area contributed by atoms with E-state index in [0.717, 1.165) is 24.8 Å². The van der Waals surface area contributed by atoms with Gasteiger partial charge in [-0.25, -0.2) is 0 Å². The molecule has 5 nitrogen and oxygen atoms in total. The van der Waals surface area contributed by atoms with Crippen LogP contribution in [0, 0.1) is 0 Å². The number of amides is 1. The third-order valence-corrected chi connectivity index (χ3v) is 5.65. The Labute approximate surface area is 149 Å². The molecule has 1 aromatic carbocycles. The van der Waals surface area contributed by atoms with Crippen LogP contribution in [0.5, 0.6) is 0 Å². The molecule has 0 radical (unpaired) electrons. The summed E-state index contributed by atoms with van der Waals surface area (Å²) >= 11 is 0.